The van der Waals surface area contributed by atoms with Crippen LogP contribution >= 0.6 is 0 Å². The summed E-state index contributed by atoms with van der Waals surface area (Å²) in [5, 5.41) is 7.38. The highest BCUT2D eigenvalue weighted by Crippen LogP contribution is 2.37. The van der Waals surface area contributed by atoms with Gasteiger partial charge in [0.05, 0.1) is 23.4 Å². The lowest BCUT2D eigenvalue weighted by Gasteiger charge is -2.27. The topological polar surface area (TPSA) is 47.3 Å². The summed E-state index contributed by atoms with van der Waals surface area (Å²) in [5.74, 6) is 0.878. The largest absolute Gasteiger partial charge is 0.368 e. The molecule has 0 bridgehead atoms. The first-order chi connectivity index (χ1) is 7.78. The van der Waals surface area contributed by atoms with Crippen LogP contribution in [0.15, 0.2) is 10.6 Å². The predicted octanol–water partition coefficient (Wildman–Crippen LogP) is 2.42. The minimum Gasteiger partial charge on any atom is -0.368 e. The van der Waals surface area contributed by atoms with Gasteiger partial charge in [-0.15, -0.1) is 0 Å². The molecule has 1 aromatic rings. The Balaban J connectivity index is 1.95. The number of nitrogens with zero attached hydrogens (tertiary/aromatic N) is 1. The number of hydrogen-bond acceptors (Lipinski definition) is 4. The van der Waals surface area contributed by atoms with Gasteiger partial charge in [0, 0.05) is 12.1 Å². The van der Waals surface area contributed by atoms with Crippen molar-refractivity contribution in [2.75, 3.05) is 0 Å². The Morgan fingerprint density at radius 2 is 2.12 bits per heavy atom. The van der Waals surface area contributed by atoms with E-state index in [0.29, 0.717) is 12.6 Å². The van der Waals surface area contributed by atoms with Crippen LogP contribution in [0.4, 0.5) is 0 Å². The summed E-state index contributed by atoms with van der Waals surface area (Å²) < 4.78 is 11.2. The molecular weight excluding hydrogens is 216 g/mol. The highest BCUT2D eigenvalue weighted by molar-refractivity contribution is 5.05. The second-order valence-corrected chi connectivity index (χ2v) is 6.04. The van der Waals surface area contributed by atoms with Crippen molar-refractivity contribution in [2.45, 2.75) is 64.8 Å². The lowest BCUT2D eigenvalue weighted by molar-refractivity contribution is -0.0699. The molecule has 1 aromatic heterocycles. The fraction of sp³-hybridized carbons (Fsp3) is 0.769. The van der Waals surface area contributed by atoms with E-state index in [2.05, 4.69) is 38.2 Å². The molecule has 0 aliphatic carbocycles. The normalized spacial score (nSPS) is 26.3. The van der Waals surface area contributed by atoms with E-state index in [-0.39, 0.29) is 11.2 Å². The van der Waals surface area contributed by atoms with Crippen molar-refractivity contribution in [1.29, 1.82) is 0 Å². The Bertz CT molecular complexity index is 396. The average Bonchev–Trinajstić information content (AvgIpc) is 2.64. The molecule has 1 atom stereocenters. The van der Waals surface area contributed by atoms with Gasteiger partial charge in [0.25, 0.3) is 0 Å². The van der Waals surface area contributed by atoms with Crippen molar-refractivity contribution < 1.29 is 9.26 Å². The monoisotopic (exact) mass is 238 g/mol. The second-order valence-electron chi connectivity index (χ2n) is 6.04. The Morgan fingerprint density at radius 1 is 1.41 bits per heavy atom. The molecule has 4 nitrogen and oxygen atoms in total. The zero-order chi connectivity index (χ0) is 12.7. The molecule has 0 aromatic carbocycles. The van der Waals surface area contributed by atoms with Crippen molar-refractivity contribution in [2.24, 2.45) is 0 Å². The van der Waals surface area contributed by atoms with Gasteiger partial charge in [0.2, 0.25) is 0 Å². The standard InChI is InChI=1S/C13H22N2O2/c1-9-6-10(16-15-9)8-14-11-7-12(2,3)17-13(11,4)5/h6,11,14H,7-8H2,1-5H3. The van der Waals surface area contributed by atoms with Crippen LogP contribution in [0.5, 0.6) is 0 Å². The number of hydrogen-bond donors (Lipinski definition) is 1. The third kappa shape index (κ3) is 2.87. The van der Waals surface area contributed by atoms with Crippen LogP contribution in [0.25, 0.3) is 0 Å². The van der Waals surface area contributed by atoms with Gasteiger partial charge in [-0.25, -0.2) is 0 Å². The van der Waals surface area contributed by atoms with E-state index in [4.69, 9.17) is 9.26 Å². The summed E-state index contributed by atoms with van der Waals surface area (Å²) >= 11 is 0. The fourth-order valence-electron chi connectivity index (χ4n) is 2.60. The molecule has 4 heteroatoms. The molecule has 1 saturated heterocycles. The molecule has 0 spiro atoms. The summed E-state index contributed by atoms with van der Waals surface area (Å²) in [5.41, 5.74) is 0.723. The van der Waals surface area contributed by atoms with Gasteiger partial charge >= 0.3 is 0 Å². The fourth-order valence-corrected chi connectivity index (χ4v) is 2.60. The minimum atomic E-state index is -0.140. The molecule has 0 saturated carbocycles. The quantitative estimate of drug-likeness (QED) is 0.878. The maximum Gasteiger partial charge on any atom is 0.150 e. The van der Waals surface area contributed by atoms with Crippen LogP contribution in [0.3, 0.4) is 0 Å². The van der Waals surface area contributed by atoms with E-state index in [0.717, 1.165) is 17.9 Å². The van der Waals surface area contributed by atoms with Crippen molar-refractivity contribution in [3.05, 3.63) is 17.5 Å². The number of rotatable bonds is 3. The zero-order valence-corrected chi connectivity index (χ0v) is 11.3. The molecule has 2 rings (SSSR count). The SMILES string of the molecule is Cc1cc(CNC2CC(C)(C)OC2(C)C)on1. The summed E-state index contributed by atoms with van der Waals surface area (Å²) in [6.45, 7) is 11.2. The first-order valence-corrected chi connectivity index (χ1v) is 6.14. The average molecular weight is 238 g/mol. The summed E-state index contributed by atoms with van der Waals surface area (Å²) in [7, 11) is 0. The van der Waals surface area contributed by atoms with Crippen molar-refractivity contribution in [3.63, 3.8) is 0 Å². The van der Waals surface area contributed by atoms with E-state index >= 15 is 0 Å². The van der Waals surface area contributed by atoms with Gasteiger partial charge in [-0.05, 0) is 41.0 Å². The van der Waals surface area contributed by atoms with Crippen LogP contribution in [-0.4, -0.2) is 22.4 Å². The first kappa shape index (κ1) is 12.6. The summed E-state index contributed by atoms with van der Waals surface area (Å²) in [6, 6.07) is 2.30. The molecule has 17 heavy (non-hydrogen) atoms. The number of aryl methyl sites for hydroxylation is 1. The Kier molecular flexibility index (Phi) is 3.04. The number of nitrogens with one attached hydrogen (secondary N) is 1. The van der Waals surface area contributed by atoms with Gasteiger partial charge in [-0.1, -0.05) is 5.16 Å². The van der Waals surface area contributed by atoms with Gasteiger partial charge in [-0.3, -0.25) is 0 Å². The second kappa shape index (κ2) is 4.10. The lowest BCUT2D eigenvalue weighted by Crippen LogP contribution is -2.42. The smallest absolute Gasteiger partial charge is 0.150 e. The zero-order valence-electron chi connectivity index (χ0n) is 11.3. The Morgan fingerprint density at radius 3 is 2.59 bits per heavy atom. The highest BCUT2D eigenvalue weighted by atomic mass is 16.5. The van der Waals surface area contributed by atoms with E-state index in [1.54, 1.807) is 0 Å². The Labute approximate surface area is 103 Å². The van der Waals surface area contributed by atoms with E-state index in [1.807, 2.05) is 13.0 Å². The Hall–Kier alpha value is -0.870. The number of ether oxygens (including phenoxy) is 1. The number of aromatic nitrogens is 1. The lowest BCUT2D eigenvalue weighted by atomic mass is 9.94. The molecule has 1 aliphatic heterocycles. The highest BCUT2D eigenvalue weighted by Gasteiger charge is 2.45. The van der Waals surface area contributed by atoms with Gasteiger partial charge in [-0.2, -0.15) is 0 Å². The van der Waals surface area contributed by atoms with Crippen molar-refractivity contribution in [3.8, 4) is 0 Å². The maximum absolute atomic E-state index is 6.03. The first-order valence-electron chi connectivity index (χ1n) is 6.14. The van der Waals surface area contributed by atoms with Crippen LogP contribution in [0, 0.1) is 6.92 Å². The molecular formula is C13H22N2O2. The molecule has 1 fully saturated rings. The third-order valence-corrected chi connectivity index (χ3v) is 3.27. The van der Waals surface area contributed by atoms with E-state index < -0.39 is 0 Å². The molecule has 0 radical (unpaired) electrons. The third-order valence-electron chi connectivity index (χ3n) is 3.27. The maximum atomic E-state index is 6.03. The summed E-state index contributed by atoms with van der Waals surface area (Å²) in [4.78, 5) is 0. The van der Waals surface area contributed by atoms with Crippen LogP contribution in [-0.2, 0) is 11.3 Å². The molecule has 96 valence electrons. The van der Waals surface area contributed by atoms with Gasteiger partial charge in [0.1, 0.15) is 0 Å². The minimum absolute atomic E-state index is 0.0570. The predicted molar refractivity (Wildman–Crippen MR) is 65.7 cm³/mol. The van der Waals surface area contributed by atoms with Crippen LogP contribution in [0.1, 0.15) is 45.6 Å². The van der Waals surface area contributed by atoms with Crippen molar-refractivity contribution >= 4 is 0 Å². The molecule has 2 heterocycles. The molecule has 1 unspecified atom stereocenters. The van der Waals surface area contributed by atoms with Crippen molar-refractivity contribution in [1.82, 2.24) is 10.5 Å². The molecule has 1 aliphatic rings. The van der Waals surface area contributed by atoms with E-state index in [1.165, 1.54) is 0 Å². The van der Waals surface area contributed by atoms with Crippen LogP contribution < -0.4 is 5.32 Å². The molecule has 0 amide bonds. The van der Waals surface area contributed by atoms with E-state index in [9.17, 15) is 0 Å². The summed E-state index contributed by atoms with van der Waals surface area (Å²) in [6.07, 6.45) is 1.01. The van der Waals surface area contributed by atoms with Crippen LogP contribution in [0.2, 0.25) is 0 Å². The van der Waals surface area contributed by atoms with Gasteiger partial charge < -0.3 is 14.6 Å². The van der Waals surface area contributed by atoms with Gasteiger partial charge in [0.15, 0.2) is 5.76 Å². The molecule has 1 N–H and O–H groups in total.